The molecule has 7 nitrogen and oxygen atoms in total. The van der Waals surface area contributed by atoms with E-state index in [1.165, 1.54) is 5.56 Å². The van der Waals surface area contributed by atoms with Crippen LogP contribution in [0.5, 0.6) is 5.88 Å². The minimum absolute atomic E-state index is 0.0139. The number of aromatic amines is 2. The zero-order chi connectivity index (χ0) is 24.5. The highest BCUT2D eigenvalue weighted by atomic mass is 35.5. The number of nitrogens with zero attached hydrogens (tertiary/aromatic N) is 2. The molecule has 0 saturated heterocycles. The predicted molar refractivity (Wildman–Crippen MR) is 140 cm³/mol. The summed E-state index contributed by atoms with van der Waals surface area (Å²) < 4.78 is 5.16. The van der Waals surface area contributed by atoms with E-state index in [9.17, 15) is 9.90 Å². The molecule has 0 aliphatic heterocycles. The number of aromatic hydroxyl groups is 1. The Morgan fingerprint density at radius 1 is 1.00 bits per heavy atom. The monoisotopic (exact) mass is 488 g/mol. The quantitative estimate of drug-likeness (QED) is 0.246. The predicted octanol–water partition coefficient (Wildman–Crippen LogP) is 5.97. The lowest BCUT2D eigenvalue weighted by Gasteiger charge is -2.17. The number of halogens is 1. The van der Waals surface area contributed by atoms with Crippen molar-refractivity contribution in [3.05, 3.63) is 92.9 Å². The van der Waals surface area contributed by atoms with Gasteiger partial charge in [-0.3, -0.25) is 9.88 Å². The molecule has 2 aromatic heterocycles. The molecule has 0 unspecified atom stereocenters. The number of H-pyrrole nitrogens is 2. The van der Waals surface area contributed by atoms with Crippen LogP contribution in [0.15, 0.2) is 74.9 Å². The third kappa shape index (κ3) is 4.60. The van der Waals surface area contributed by atoms with Crippen molar-refractivity contribution < 1.29 is 9.52 Å². The second kappa shape index (κ2) is 9.44. The average Bonchev–Trinajstić information content (AvgIpc) is 3.38. The lowest BCUT2D eigenvalue weighted by molar-refractivity contribution is 0.296. The lowest BCUT2D eigenvalue weighted by Crippen LogP contribution is -2.21. The van der Waals surface area contributed by atoms with Gasteiger partial charge in [-0.25, -0.2) is 9.79 Å². The molecule has 0 spiro atoms. The fourth-order valence-electron chi connectivity index (χ4n) is 4.27. The molecule has 3 N–H and O–H groups in total. The third-order valence-electron chi connectivity index (χ3n) is 6.15. The fraction of sp³-hybridized carbons (Fsp3) is 0.185. The maximum Gasteiger partial charge on any atom is 0.417 e. The molecule has 0 aliphatic carbocycles. The zero-order valence-corrected chi connectivity index (χ0v) is 20.2. The molecule has 0 fully saturated rings. The third-order valence-corrected chi connectivity index (χ3v) is 6.38. The molecule has 8 heteroatoms. The van der Waals surface area contributed by atoms with Gasteiger partial charge in [-0.05, 0) is 61.1 Å². The first-order valence-corrected chi connectivity index (χ1v) is 11.9. The van der Waals surface area contributed by atoms with E-state index in [2.05, 4.69) is 40.8 Å². The average molecular weight is 489 g/mol. The molecule has 0 saturated carbocycles. The van der Waals surface area contributed by atoms with E-state index in [1.54, 1.807) is 24.3 Å². The number of nitrogens with one attached hydrogen (secondary N) is 2. The molecule has 0 radical (unpaired) electrons. The summed E-state index contributed by atoms with van der Waals surface area (Å²) in [7, 11) is 0. The molecule has 0 bridgehead atoms. The Kier molecular flexibility index (Phi) is 6.19. The lowest BCUT2D eigenvalue weighted by atomic mass is 10.0. The molecular weight excluding hydrogens is 464 g/mol. The summed E-state index contributed by atoms with van der Waals surface area (Å²) in [6, 6.07) is 18.8. The topological polar surface area (TPSA) is 97.6 Å². The van der Waals surface area contributed by atoms with E-state index in [0.717, 1.165) is 30.7 Å². The smallest absolute Gasteiger partial charge is 0.417 e. The molecule has 35 heavy (non-hydrogen) atoms. The van der Waals surface area contributed by atoms with Gasteiger partial charge in [0.1, 0.15) is 0 Å². The number of fused-ring (bicyclic) bond motifs is 2. The summed E-state index contributed by atoms with van der Waals surface area (Å²) in [6.45, 7) is 7.16. The van der Waals surface area contributed by atoms with Crippen LogP contribution in [0.25, 0.3) is 22.0 Å². The van der Waals surface area contributed by atoms with Gasteiger partial charge in [-0.2, -0.15) is 0 Å². The normalized spacial score (nSPS) is 12.3. The number of hydrogen-bond acceptors (Lipinski definition) is 5. The van der Waals surface area contributed by atoms with E-state index in [4.69, 9.17) is 21.0 Å². The van der Waals surface area contributed by atoms with Crippen LogP contribution in [-0.2, 0) is 6.54 Å². The van der Waals surface area contributed by atoms with Gasteiger partial charge in [0.25, 0.3) is 0 Å². The minimum Gasteiger partial charge on any atom is -0.494 e. The molecule has 0 amide bonds. The first-order chi connectivity index (χ1) is 16.9. The standard InChI is InChI=1S/C27H25ClN4O3/c1-3-32(4-2)15-16-5-9-19(10-6-16)29-25(17-7-12-23-22(13-17)31-27(34)35-23)24-20-11-8-18(28)14-21(20)30-26(24)33/h5-14,30,33H,3-4,15H2,1-2H3,(H,31,34). The van der Waals surface area contributed by atoms with E-state index in [-0.39, 0.29) is 5.88 Å². The van der Waals surface area contributed by atoms with Gasteiger partial charge >= 0.3 is 5.76 Å². The number of aliphatic imine (C=N–C) groups is 1. The largest absolute Gasteiger partial charge is 0.494 e. The molecule has 0 aliphatic rings. The Bertz CT molecular complexity index is 1590. The Morgan fingerprint density at radius 2 is 1.77 bits per heavy atom. The summed E-state index contributed by atoms with van der Waals surface area (Å²) in [5.41, 5.74) is 5.47. The zero-order valence-electron chi connectivity index (χ0n) is 19.4. The van der Waals surface area contributed by atoms with Crippen molar-refractivity contribution in [2.45, 2.75) is 20.4 Å². The van der Waals surface area contributed by atoms with Crippen LogP contribution in [0.3, 0.4) is 0 Å². The summed E-state index contributed by atoms with van der Waals surface area (Å²) in [5.74, 6) is -0.538. The van der Waals surface area contributed by atoms with Crippen molar-refractivity contribution in [3.8, 4) is 5.88 Å². The van der Waals surface area contributed by atoms with Crippen LogP contribution in [0.2, 0.25) is 5.02 Å². The number of oxazole rings is 1. The van der Waals surface area contributed by atoms with E-state index in [0.29, 0.717) is 38.5 Å². The van der Waals surface area contributed by atoms with E-state index in [1.807, 2.05) is 24.3 Å². The number of hydrogen-bond donors (Lipinski definition) is 3. The molecular formula is C27H25ClN4O3. The van der Waals surface area contributed by atoms with Crippen LogP contribution in [0.4, 0.5) is 5.69 Å². The Balaban J connectivity index is 1.65. The van der Waals surface area contributed by atoms with Crippen molar-refractivity contribution in [1.29, 1.82) is 0 Å². The highest BCUT2D eigenvalue weighted by molar-refractivity contribution is 6.31. The first-order valence-electron chi connectivity index (χ1n) is 11.5. The van der Waals surface area contributed by atoms with Crippen LogP contribution in [-0.4, -0.2) is 38.8 Å². The van der Waals surface area contributed by atoms with Crippen molar-refractivity contribution in [2.75, 3.05) is 13.1 Å². The Morgan fingerprint density at radius 3 is 2.51 bits per heavy atom. The van der Waals surface area contributed by atoms with Crippen LogP contribution in [0, 0.1) is 0 Å². The fourth-order valence-corrected chi connectivity index (χ4v) is 4.44. The van der Waals surface area contributed by atoms with Gasteiger partial charge in [-0.1, -0.05) is 43.6 Å². The van der Waals surface area contributed by atoms with Gasteiger partial charge in [0.15, 0.2) is 11.5 Å². The van der Waals surface area contributed by atoms with Crippen LogP contribution >= 0.6 is 11.6 Å². The van der Waals surface area contributed by atoms with Crippen molar-refractivity contribution in [1.82, 2.24) is 14.9 Å². The van der Waals surface area contributed by atoms with Gasteiger partial charge in [-0.15, -0.1) is 0 Å². The highest BCUT2D eigenvalue weighted by Crippen LogP contribution is 2.33. The second-order valence-corrected chi connectivity index (χ2v) is 8.79. The second-order valence-electron chi connectivity index (χ2n) is 8.35. The van der Waals surface area contributed by atoms with Gasteiger partial charge in [0.2, 0.25) is 0 Å². The molecule has 5 rings (SSSR count). The summed E-state index contributed by atoms with van der Waals surface area (Å²) >= 11 is 6.17. The molecule has 3 aromatic carbocycles. The van der Waals surface area contributed by atoms with Crippen LogP contribution in [0.1, 0.15) is 30.5 Å². The molecule has 2 heterocycles. The van der Waals surface area contributed by atoms with E-state index < -0.39 is 5.76 Å². The number of benzene rings is 3. The maximum absolute atomic E-state index is 11.7. The molecule has 0 atom stereocenters. The van der Waals surface area contributed by atoms with Crippen LogP contribution < -0.4 is 5.76 Å². The van der Waals surface area contributed by atoms with Gasteiger partial charge in [0.05, 0.1) is 28.0 Å². The number of aromatic nitrogens is 2. The number of rotatable bonds is 7. The van der Waals surface area contributed by atoms with Crippen molar-refractivity contribution in [2.24, 2.45) is 4.99 Å². The SMILES string of the molecule is CCN(CC)Cc1ccc(N=C(c2ccc3oc(=O)[nH]c3c2)c2c(O)[nH]c3cc(Cl)ccc23)cc1. The summed E-state index contributed by atoms with van der Waals surface area (Å²) in [6.07, 6.45) is 0. The van der Waals surface area contributed by atoms with E-state index >= 15 is 0 Å². The van der Waals surface area contributed by atoms with Crippen molar-refractivity contribution in [3.63, 3.8) is 0 Å². The first kappa shape index (κ1) is 23.0. The summed E-state index contributed by atoms with van der Waals surface area (Å²) in [4.78, 5) is 24.7. The Hall–Kier alpha value is -3.81. The van der Waals surface area contributed by atoms with Gasteiger partial charge in [0, 0.05) is 22.5 Å². The molecule has 5 aromatic rings. The van der Waals surface area contributed by atoms with Gasteiger partial charge < -0.3 is 14.5 Å². The summed E-state index contributed by atoms with van der Waals surface area (Å²) in [5, 5.41) is 12.2. The Labute approximate surface area is 206 Å². The minimum atomic E-state index is -0.524. The maximum atomic E-state index is 11.7. The molecule has 178 valence electrons. The highest BCUT2D eigenvalue weighted by Gasteiger charge is 2.20. The van der Waals surface area contributed by atoms with Crippen molar-refractivity contribution >= 4 is 45.0 Å².